The van der Waals surface area contributed by atoms with Gasteiger partial charge in [0, 0.05) is 12.8 Å². The van der Waals surface area contributed by atoms with Crippen LogP contribution >= 0.6 is 0 Å². The van der Waals surface area contributed by atoms with Crippen molar-refractivity contribution in [1.29, 1.82) is 0 Å². The highest BCUT2D eigenvalue weighted by atomic mass is 16.6. The van der Waals surface area contributed by atoms with Crippen molar-refractivity contribution < 1.29 is 14.3 Å². The molecule has 138 valence electrons. The van der Waals surface area contributed by atoms with Crippen LogP contribution in [0, 0.1) is 11.8 Å². The number of rotatable bonds is 14. The first kappa shape index (κ1) is 21.0. The van der Waals surface area contributed by atoms with Crippen LogP contribution in [0.1, 0.15) is 96.8 Å². The topological polar surface area (TPSA) is 38.8 Å². The van der Waals surface area contributed by atoms with Crippen molar-refractivity contribution in [3.8, 4) is 11.8 Å². The molecule has 0 aliphatic carbocycles. The van der Waals surface area contributed by atoms with Crippen LogP contribution < -0.4 is 0 Å². The van der Waals surface area contributed by atoms with Gasteiger partial charge in [0.25, 0.3) is 0 Å². The predicted octanol–water partition coefficient (Wildman–Crippen LogP) is 5.41. The SMILES string of the molecule is CCCCCCCCCCCCC#C[C@@H]1O[C@H]1CCCC(=O)OC. The molecule has 1 aliphatic heterocycles. The van der Waals surface area contributed by atoms with E-state index in [9.17, 15) is 4.79 Å². The number of unbranched alkanes of at least 4 members (excludes halogenated alkanes) is 10. The highest BCUT2D eigenvalue weighted by Gasteiger charge is 2.36. The van der Waals surface area contributed by atoms with Crippen LogP contribution in [0.25, 0.3) is 0 Å². The third-order valence-corrected chi connectivity index (χ3v) is 4.58. The number of carbonyl (C=O) groups is 1. The Morgan fingerprint density at radius 1 is 0.958 bits per heavy atom. The summed E-state index contributed by atoms with van der Waals surface area (Å²) in [5.41, 5.74) is 0. The Morgan fingerprint density at radius 3 is 2.21 bits per heavy atom. The zero-order valence-corrected chi connectivity index (χ0v) is 15.8. The van der Waals surface area contributed by atoms with E-state index < -0.39 is 0 Å². The molecule has 0 aromatic heterocycles. The van der Waals surface area contributed by atoms with E-state index >= 15 is 0 Å². The van der Waals surface area contributed by atoms with Crippen LogP contribution in [0.3, 0.4) is 0 Å². The van der Waals surface area contributed by atoms with E-state index in [1.54, 1.807) is 0 Å². The molecule has 1 rings (SSSR count). The Hall–Kier alpha value is -1.01. The Labute approximate surface area is 148 Å². The second-order valence-corrected chi connectivity index (χ2v) is 6.82. The first-order valence-corrected chi connectivity index (χ1v) is 9.98. The standard InChI is InChI=1S/C21H36O3/c1-3-4-5-6-7-8-9-10-11-12-13-14-16-19-20(24-19)17-15-18-21(22)23-2/h19-20H,3-13,15,17-18H2,1-2H3/t19-,20-/m0/s1. The van der Waals surface area contributed by atoms with Crippen molar-refractivity contribution in [2.75, 3.05) is 7.11 Å². The van der Waals surface area contributed by atoms with Gasteiger partial charge in [-0.15, -0.1) is 5.92 Å². The maximum Gasteiger partial charge on any atom is 0.305 e. The van der Waals surface area contributed by atoms with Gasteiger partial charge < -0.3 is 9.47 Å². The van der Waals surface area contributed by atoms with Crippen LogP contribution in [0.4, 0.5) is 0 Å². The molecule has 24 heavy (non-hydrogen) atoms. The molecule has 0 saturated carbocycles. The van der Waals surface area contributed by atoms with Gasteiger partial charge in [-0.25, -0.2) is 0 Å². The largest absolute Gasteiger partial charge is 0.469 e. The van der Waals surface area contributed by atoms with Gasteiger partial charge in [-0.2, -0.15) is 0 Å². The van der Waals surface area contributed by atoms with Crippen molar-refractivity contribution in [3.63, 3.8) is 0 Å². The van der Waals surface area contributed by atoms with Gasteiger partial charge in [0.1, 0.15) is 6.10 Å². The van der Waals surface area contributed by atoms with Crippen LogP contribution in [-0.2, 0) is 14.3 Å². The summed E-state index contributed by atoms with van der Waals surface area (Å²) < 4.78 is 10.1. The Morgan fingerprint density at radius 2 is 1.58 bits per heavy atom. The lowest BCUT2D eigenvalue weighted by atomic mass is 10.1. The molecular formula is C21H36O3. The van der Waals surface area contributed by atoms with Crippen LogP contribution in [0.2, 0.25) is 0 Å². The first-order chi connectivity index (χ1) is 11.8. The average molecular weight is 337 g/mol. The molecule has 1 heterocycles. The molecular weight excluding hydrogens is 300 g/mol. The van der Waals surface area contributed by atoms with Gasteiger partial charge in [-0.3, -0.25) is 4.79 Å². The maximum atomic E-state index is 11.0. The summed E-state index contributed by atoms with van der Waals surface area (Å²) >= 11 is 0. The monoisotopic (exact) mass is 336 g/mol. The Balaban J connectivity index is 1.83. The Kier molecular flexibility index (Phi) is 12.6. The minimum Gasteiger partial charge on any atom is -0.469 e. The molecule has 0 amide bonds. The molecule has 2 atom stereocenters. The van der Waals surface area contributed by atoms with E-state index in [0.717, 1.165) is 19.3 Å². The second-order valence-electron chi connectivity index (χ2n) is 6.82. The second kappa shape index (κ2) is 14.3. The quantitative estimate of drug-likeness (QED) is 0.184. The summed E-state index contributed by atoms with van der Waals surface area (Å²) in [7, 11) is 1.43. The molecule has 1 aliphatic rings. The van der Waals surface area contributed by atoms with Gasteiger partial charge in [-0.1, -0.05) is 70.6 Å². The van der Waals surface area contributed by atoms with Gasteiger partial charge in [-0.05, 0) is 19.3 Å². The molecule has 0 bridgehead atoms. The fourth-order valence-corrected chi connectivity index (χ4v) is 2.91. The van der Waals surface area contributed by atoms with Gasteiger partial charge in [0.15, 0.2) is 0 Å². The number of carbonyl (C=O) groups excluding carboxylic acids is 1. The summed E-state index contributed by atoms with van der Waals surface area (Å²) in [4.78, 5) is 11.0. The van der Waals surface area contributed by atoms with Crippen LogP contribution in [0.15, 0.2) is 0 Å². The van der Waals surface area contributed by atoms with Gasteiger partial charge >= 0.3 is 5.97 Å². The molecule has 1 fully saturated rings. The number of methoxy groups -OCH3 is 1. The fourth-order valence-electron chi connectivity index (χ4n) is 2.91. The maximum absolute atomic E-state index is 11.0. The van der Waals surface area contributed by atoms with Crippen LogP contribution in [0.5, 0.6) is 0 Å². The smallest absolute Gasteiger partial charge is 0.305 e. The lowest BCUT2D eigenvalue weighted by Crippen LogP contribution is -2.01. The highest BCUT2D eigenvalue weighted by Crippen LogP contribution is 2.26. The van der Waals surface area contributed by atoms with E-state index in [2.05, 4.69) is 23.5 Å². The summed E-state index contributed by atoms with van der Waals surface area (Å²) in [5.74, 6) is 6.31. The first-order valence-electron chi connectivity index (χ1n) is 9.98. The number of ether oxygens (including phenoxy) is 2. The fraction of sp³-hybridized carbons (Fsp3) is 0.857. The van der Waals surface area contributed by atoms with E-state index in [0.29, 0.717) is 6.42 Å². The number of esters is 1. The van der Waals surface area contributed by atoms with E-state index in [4.69, 9.17) is 4.74 Å². The lowest BCUT2D eigenvalue weighted by Gasteiger charge is -2.00. The average Bonchev–Trinajstić information content (AvgIpc) is 3.34. The van der Waals surface area contributed by atoms with E-state index in [-0.39, 0.29) is 18.2 Å². The minimum absolute atomic E-state index is 0.116. The number of epoxide rings is 1. The summed E-state index contributed by atoms with van der Waals surface area (Å²) in [5, 5.41) is 0. The minimum atomic E-state index is -0.140. The third kappa shape index (κ3) is 11.5. The molecule has 0 aromatic rings. The normalized spacial score (nSPS) is 18.8. The molecule has 1 saturated heterocycles. The lowest BCUT2D eigenvalue weighted by molar-refractivity contribution is -0.140. The molecule has 0 aromatic carbocycles. The van der Waals surface area contributed by atoms with E-state index in [1.807, 2.05) is 0 Å². The van der Waals surface area contributed by atoms with Crippen LogP contribution in [-0.4, -0.2) is 25.3 Å². The molecule has 3 nitrogen and oxygen atoms in total. The van der Waals surface area contributed by atoms with E-state index in [1.165, 1.54) is 71.3 Å². The molecule has 0 radical (unpaired) electrons. The zero-order valence-electron chi connectivity index (χ0n) is 15.8. The number of hydrogen-bond acceptors (Lipinski definition) is 3. The molecule has 3 heteroatoms. The van der Waals surface area contributed by atoms with Crippen molar-refractivity contribution in [3.05, 3.63) is 0 Å². The highest BCUT2D eigenvalue weighted by molar-refractivity contribution is 5.68. The van der Waals surface area contributed by atoms with Crippen molar-refractivity contribution in [2.45, 2.75) is 109 Å². The molecule has 0 unspecified atom stereocenters. The molecule has 0 spiro atoms. The number of hydrogen-bond donors (Lipinski definition) is 0. The van der Waals surface area contributed by atoms with Crippen molar-refractivity contribution in [2.24, 2.45) is 0 Å². The van der Waals surface area contributed by atoms with Crippen molar-refractivity contribution in [1.82, 2.24) is 0 Å². The zero-order chi connectivity index (χ0) is 17.5. The molecule has 0 N–H and O–H groups in total. The summed E-state index contributed by atoms with van der Waals surface area (Å²) in [6.45, 7) is 2.27. The third-order valence-electron chi connectivity index (χ3n) is 4.58. The van der Waals surface area contributed by atoms with Crippen molar-refractivity contribution >= 4 is 5.97 Å². The summed E-state index contributed by atoms with van der Waals surface area (Å²) in [6, 6.07) is 0. The Bertz CT molecular complexity index is 380. The predicted molar refractivity (Wildman–Crippen MR) is 98.8 cm³/mol. The summed E-state index contributed by atoms with van der Waals surface area (Å²) in [6.07, 6.45) is 17.2. The van der Waals surface area contributed by atoms with Gasteiger partial charge in [0.05, 0.1) is 13.2 Å². The van der Waals surface area contributed by atoms with Gasteiger partial charge in [0.2, 0.25) is 0 Å².